The lowest BCUT2D eigenvalue weighted by Crippen LogP contribution is -2.22. The Morgan fingerprint density at radius 3 is 2.90 bits per heavy atom. The van der Waals surface area contributed by atoms with Gasteiger partial charge in [0.05, 0.1) is 12.2 Å². The third-order valence-electron chi connectivity index (χ3n) is 3.82. The summed E-state index contributed by atoms with van der Waals surface area (Å²) in [5, 5.41) is 8.75. The van der Waals surface area contributed by atoms with Crippen molar-refractivity contribution in [1.29, 1.82) is 0 Å². The van der Waals surface area contributed by atoms with Gasteiger partial charge in [-0.05, 0) is 57.8 Å². The van der Waals surface area contributed by atoms with Gasteiger partial charge in [-0.15, -0.1) is 0 Å². The van der Waals surface area contributed by atoms with Crippen LogP contribution in [-0.4, -0.2) is 23.3 Å². The van der Waals surface area contributed by atoms with Crippen LogP contribution in [0.5, 0.6) is 0 Å². The Bertz CT molecular complexity index is 333. The summed E-state index contributed by atoms with van der Waals surface area (Å²) in [6.45, 7) is 2.15. The summed E-state index contributed by atoms with van der Waals surface area (Å²) < 4.78 is 6.26. The topological polar surface area (TPSA) is 46.5 Å². The van der Waals surface area contributed by atoms with Gasteiger partial charge in [-0.25, -0.2) is 0 Å². The zero-order valence-corrected chi connectivity index (χ0v) is 13.3. The highest BCUT2D eigenvalue weighted by Crippen LogP contribution is 2.21. The summed E-state index contributed by atoms with van der Waals surface area (Å²) >= 11 is 0. The predicted octanol–water partition coefficient (Wildman–Crippen LogP) is 4.87. The van der Waals surface area contributed by atoms with Gasteiger partial charge in [-0.1, -0.05) is 31.2 Å². The summed E-state index contributed by atoms with van der Waals surface area (Å²) in [6.07, 6.45) is 18.8. The number of aliphatic carboxylic acids is 1. The molecule has 0 saturated heterocycles. The fraction of sp³-hybridized carbons (Fsp3) is 0.722. The van der Waals surface area contributed by atoms with Gasteiger partial charge >= 0.3 is 5.97 Å². The van der Waals surface area contributed by atoms with Crippen LogP contribution in [0, 0.1) is 0 Å². The molecule has 0 radical (unpaired) electrons. The van der Waals surface area contributed by atoms with E-state index in [4.69, 9.17) is 9.84 Å². The molecule has 1 aliphatic rings. The fourth-order valence-corrected chi connectivity index (χ4v) is 2.67. The van der Waals surface area contributed by atoms with E-state index in [0.717, 1.165) is 57.8 Å². The van der Waals surface area contributed by atoms with Crippen molar-refractivity contribution in [3.8, 4) is 0 Å². The van der Waals surface area contributed by atoms with E-state index in [1.165, 1.54) is 0 Å². The first kappa shape index (κ1) is 18.0. The maximum absolute atomic E-state index is 10.6. The van der Waals surface area contributed by atoms with E-state index < -0.39 is 5.97 Å². The Labute approximate surface area is 129 Å². The summed E-state index contributed by atoms with van der Waals surface area (Å²) in [7, 11) is 0. The molecule has 1 N–H and O–H groups in total. The van der Waals surface area contributed by atoms with Crippen LogP contribution in [0.4, 0.5) is 0 Å². The van der Waals surface area contributed by atoms with Gasteiger partial charge in [0.1, 0.15) is 0 Å². The molecular formula is C18H30O3. The molecular weight excluding hydrogens is 264 g/mol. The minimum Gasteiger partial charge on any atom is -0.481 e. The van der Waals surface area contributed by atoms with Crippen LogP contribution in [0.25, 0.3) is 0 Å². The van der Waals surface area contributed by atoms with Gasteiger partial charge < -0.3 is 9.84 Å². The second-order valence-electron chi connectivity index (χ2n) is 5.76. The third-order valence-corrected chi connectivity index (χ3v) is 3.82. The zero-order chi connectivity index (χ0) is 15.3. The Balaban J connectivity index is 2.41. The molecule has 0 fully saturated rings. The minimum atomic E-state index is -0.707. The molecule has 3 heteroatoms. The maximum atomic E-state index is 10.6. The number of hydrogen-bond acceptors (Lipinski definition) is 2. The largest absolute Gasteiger partial charge is 0.481 e. The van der Waals surface area contributed by atoms with Crippen LogP contribution in [-0.2, 0) is 9.53 Å². The molecule has 0 aliphatic carbocycles. The molecule has 3 nitrogen and oxygen atoms in total. The summed E-state index contributed by atoms with van der Waals surface area (Å²) in [5.74, 6) is -0.707. The third kappa shape index (κ3) is 9.46. The lowest BCUT2D eigenvalue weighted by molar-refractivity contribution is -0.137. The highest BCUT2D eigenvalue weighted by molar-refractivity contribution is 5.66. The lowest BCUT2D eigenvalue weighted by atomic mass is 10.1. The van der Waals surface area contributed by atoms with Crippen LogP contribution in [0.15, 0.2) is 24.3 Å². The van der Waals surface area contributed by atoms with Crippen molar-refractivity contribution in [2.75, 3.05) is 0 Å². The van der Waals surface area contributed by atoms with Crippen LogP contribution in [0.2, 0.25) is 0 Å². The quantitative estimate of drug-likeness (QED) is 0.649. The van der Waals surface area contributed by atoms with E-state index in [1.54, 1.807) is 0 Å². The van der Waals surface area contributed by atoms with Gasteiger partial charge in [-0.3, -0.25) is 4.79 Å². The number of hydrogen-bond donors (Lipinski definition) is 1. The van der Waals surface area contributed by atoms with Crippen molar-refractivity contribution in [1.82, 2.24) is 0 Å². The summed E-state index contributed by atoms with van der Waals surface area (Å²) in [5.41, 5.74) is 0. The number of carboxylic acid groups (broad SMARTS) is 1. The molecule has 0 aromatic carbocycles. The molecule has 0 saturated carbocycles. The smallest absolute Gasteiger partial charge is 0.303 e. The predicted molar refractivity (Wildman–Crippen MR) is 86.4 cm³/mol. The van der Waals surface area contributed by atoms with Crippen LogP contribution >= 0.6 is 0 Å². The molecule has 2 unspecified atom stereocenters. The van der Waals surface area contributed by atoms with Gasteiger partial charge in [0.2, 0.25) is 0 Å². The highest BCUT2D eigenvalue weighted by Gasteiger charge is 2.16. The van der Waals surface area contributed by atoms with Crippen LogP contribution in [0.1, 0.15) is 71.1 Å². The number of allylic oxidation sites excluding steroid dienone is 3. The van der Waals surface area contributed by atoms with Crippen LogP contribution < -0.4 is 0 Å². The van der Waals surface area contributed by atoms with E-state index in [-0.39, 0.29) is 18.6 Å². The Morgan fingerprint density at radius 1 is 1.29 bits per heavy atom. The van der Waals surface area contributed by atoms with Crippen molar-refractivity contribution in [3.63, 3.8) is 0 Å². The molecule has 2 atom stereocenters. The first-order valence-corrected chi connectivity index (χ1v) is 8.39. The first-order chi connectivity index (χ1) is 10.2. The van der Waals surface area contributed by atoms with Gasteiger partial charge in [0, 0.05) is 6.42 Å². The number of carboxylic acids is 1. The average Bonchev–Trinajstić information content (AvgIpc) is 2.56. The number of rotatable bonds is 8. The molecule has 0 aromatic heterocycles. The number of carbonyl (C=O) groups is 1. The first-order valence-electron chi connectivity index (χ1n) is 8.39. The monoisotopic (exact) mass is 294 g/mol. The van der Waals surface area contributed by atoms with E-state index in [9.17, 15) is 4.79 Å². The van der Waals surface area contributed by atoms with Crippen molar-refractivity contribution in [3.05, 3.63) is 24.3 Å². The molecule has 1 heterocycles. The SMILES string of the molecule is CCC=CCCC1C/C=C/CCCC(CCCC(=O)O)O1. The van der Waals surface area contributed by atoms with Crippen molar-refractivity contribution < 1.29 is 14.6 Å². The molecule has 1 rings (SSSR count). The van der Waals surface area contributed by atoms with E-state index in [1.807, 2.05) is 0 Å². The van der Waals surface area contributed by atoms with Crippen molar-refractivity contribution >= 4 is 5.97 Å². The van der Waals surface area contributed by atoms with E-state index in [2.05, 4.69) is 31.2 Å². The van der Waals surface area contributed by atoms with Gasteiger partial charge in [-0.2, -0.15) is 0 Å². The van der Waals surface area contributed by atoms with Gasteiger partial charge in [0.15, 0.2) is 0 Å². The molecule has 1 aliphatic heterocycles. The zero-order valence-electron chi connectivity index (χ0n) is 13.3. The van der Waals surface area contributed by atoms with Crippen molar-refractivity contribution in [2.24, 2.45) is 0 Å². The second-order valence-corrected chi connectivity index (χ2v) is 5.76. The maximum Gasteiger partial charge on any atom is 0.303 e. The van der Waals surface area contributed by atoms with Crippen molar-refractivity contribution in [2.45, 2.75) is 83.3 Å². The molecule has 0 aromatic rings. The molecule has 0 amide bonds. The van der Waals surface area contributed by atoms with E-state index in [0.29, 0.717) is 0 Å². The lowest BCUT2D eigenvalue weighted by Gasteiger charge is -2.23. The van der Waals surface area contributed by atoms with E-state index >= 15 is 0 Å². The molecule has 0 spiro atoms. The Morgan fingerprint density at radius 2 is 2.14 bits per heavy atom. The highest BCUT2D eigenvalue weighted by atomic mass is 16.5. The molecule has 120 valence electrons. The Hall–Kier alpha value is -1.09. The minimum absolute atomic E-state index is 0.226. The summed E-state index contributed by atoms with van der Waals surface area (Å²) in [4.78, 5) is 10.6. The number of ether oxygens (including phenoxy) is 1. The molecule has 0 bridgehead atoms. The van der Waals surface area contributed by atoms with Gasteiger partial charge in [0.25, 0.3) is 0 Å². The fourth-order valence-electron chi connectivity index (χ4n) is 2.67. The average molecular weight is 294 g/mol. The van der Waals surface area contributed by atoms with Crippen LogP contribution in [0.3, 0.4) is 0 Å². The standard InChI is InChI=1S/C18H30O3/c1-2-3-4-7-11-16-12-8-5-6-9-13-17(21-16)14-10-15-18(19)20/h3-5,8,16-17H,2,6-7,9-15H2,1H3,(H,19,20)/b4-3?,8-5+. The normalized spacial score (nSPS) is 25.2. The Kier molecular flexibility index (Phi) is 9.88. The second kappa shape index (κ2) is 11.6. The molecule has 21 heavy (non-hydrogen) atoms. The summed E-state index contributed by atoms with van der Waals surface area (Å²) in [6, 6.07) is 0.